The highest BCUT2D eigenvalue weighted by atomic mass is 19.1. The normalized spacial score (nSPS) is 14.3. The molecule has 0 amide bonds. The first-order chi connectivity index (χ1) is 13.5. The fourth-order valence-corrected chi connectivity index (χ4v) is 3.02. The number of hydrogen-bond donors (Lipinski definition) is 2. The Morgan fingerprint density at radius 2 is 1.82 bits per heavy atom. The average molecular weight is 390 g/mol. The van der Waals surface area contributed by atoms with E-state index in [2.05, 4.69) is 15.6 Å². The Balaban J connectivity index is 1.62. The van der Waals surface area contributed by atoms with Crippen LogP contribution in [0, 0.1) is 11.6 Å². The van der Waals surface area contributed by atoms with Crippen molar-refractivity contribution in [2.24, 2.45) is 4.99 Å². The SMILES string of the molecule is CN=C(NCc1ccc2c(c1)OCO2)NCC(c1c(F)cccc1F)N(C)C. The Morgan fingerprint density at radius 3 is 2.50 bits per heavy atom. The third-order valence-electron chi connectivity index (χ3n) is 4.54. The van der Waals surface area contributed by atoms with Gasteiger partial charge in [0.05, 0.1) is 6.04 Å². The maximum Gasteiger partial charge on any atom is 0.231 e. The van der Waals surface area contributed by atoms with Gasteiger partial charge in [0.25, 0.3) is 0 Å². The lowest BCUT2D eigenvalue weighted by Gasteiger charge is -2.26. The van der Waals surface area contributed by atoms with E-state index in [0.29, 0.717) is 18.3 Å². The van der Waals surface area contributed by atoms with Gasteiger partial charge in [-0.05, 0) is 43.9 Å². The summed E-state index contributed by atoms with van der Waals surface area (Å²) in [4.78, 5) is 5.94. The van der Waals surface area contributed by atoms with Gasteiger partial charge in [0, 0.05) is 25.7 Å². The quantitative estimate of drug-likeness (QED) is 0.587. The molecule has 8 heteroatoms. The third kappa shape index (κ3) is 4.51. The zero-order chi connectivity index (χ0) is 20.1. The van der Waals surface area contributed by atoms with Crippen molar-refractivity contribution in [3.8, 4) is 11.5 Å². The number of hydrogen-bond acceptors (Lipinski definition) is 4. The molecule has 1 atom stereocenters. The van der Waals surface area contributed by atoms with E-state index in [-0.39, 0.29) is 18.9 Å². The summed E-state index contributed by atoms with van der Waals surface area (Å²) in [6.45, 7) is 1.02. The molecule has 0 saturated carbocycles. The first kappa shape index (κ1) is 19.9. The molecule has 1 unspecified atom stereocenters. The second-order valence-electron chi connectivity index (χ2n) is 6.61. The number of aliphatic imine (C=N–C) groups is 1. The molecule has 2 aromatic carbocycles. The molecule has 6 nitrogen and oxygen atoms in total. The van der Waals surface area contributed by atoms with E-state index >= 15 is 0 Å². The van der Waals surface area contributed by atoms with Gasteiger partial charge >= 0.3 is 0 Å². The molecule has 0 bridgehead atoms. The largest absolute Gasteiger partial charge is 0.454 e. The van der Waals surface area contributed by atoms with Crippen LogP contribution in [0.2, 0.25) is 0 Å². The zero-order valence-corrected chi connectivity index (χ0v) is 16.1. The van der Waals surface area contributed by atoms with Crippen LogP contribution in [0.15, 0.2) is 41.4 Å². The van der Waals surface area contributed by atoms with Crippen molar-refractivity contribution >= 4 is 5.96 Å². The molecule has 1 aliphatic heterocycles. The summed E-state index contributed by atoms with van der Waals surface area (Å²) >= 11 is 0. The minimum atomic E-state index is -0.566. The standard InChI is InChI=1S/C20H24F2N4O2/c1-23-20(24-10-13-7-8-17-18(9-13)28-12-27-17)25-11-16(26(2)3)19-14(21)5-4-6-15(19)22/h4-9,16H,10-12H2,1-3H3,(H2,23,24,25). The number of halogens is 2. The molecular weight excluding hydrogens is 366 g/mol. The minimum Gasteiger partial charge on any atom is -0.454 e. The molecule has 0 saturated heterocycles. The van der Waals surface area contributed by atoms with Gasteiger partial charge in [0.15, 0.2) is 17.5 Å². The van der Waals surface area contributed by atoms with Crippen LogP contribution in [0.5, 0.6) is 11.5 Å². The summed E-state index contributed by atoms with van der Waals surface area (Å²) in [5.41, 5.74) is 1.03. The Hall–Kier alpha value is -2.87. The van der Waals surface area contributed by atoms with Crippen molar-refractivity contribution in [2.45, 2.75) is 12.6 Å². The topological polar surface area (TPSA) is 58.1 Å². The Labute approximate surface area is 163 Å². The summed E-state index contributed by atoms with van der Waals surface area (Å²) < 4.78 is 39.0. The minimum absolute atomic E-state index is 0.0335. The van der Waals surface area contributed by atoms with E-state index in [1.165, 1.54) is 18.2 Å². The first-order valence-corrected chi connectivity index (χ1v) is 8.93. The van der Waals surface area contributed by atoms with Crippen molar-refractivity contribution in [1.29, 1.82) is 0 Å². The molecule has 2 N–H and O–H groups in total. The number of benzene rings is 2. The highest BCUT2D eigenvalue weighted by molar-refractivity contribution is 5.79. The van der Waals surface area contributed by atoms with Gasteiger partial charge in [-0.1, -0.05) is 12.1 Å². The molecule has 1 aliphatic rings. The van der Waals surface area contributed by atoms with E-state index in [9.17, 15) is 8.78 Å². The summed E-state index contributed by atoms with van der Waals surface area (Å²) in [6, 6.07) is 9.10. The van der Waals surface area contributed by atoms with Crippen LogP contribution in [-0.2, 0) is 6.54 Å². The number of nitrogens with one attached hydrogen (secondary N) is 2. The van der Waals surface area contributed by atoms with Crippen LogP contribution in [0.25, 0.3) is 0 Å². The fraction of sp³-hybridized carbons (Fsp3) is 0.350. The van der Waals surface area contributed by atoms with Gasteiger partial charge in [0.2, 0.25) is 6.79 Å². The highest BCUT2D eigenvalue weighted by Gasteiger charge is 2.22. The van der Waals surface area contributed by atoms with Gasteiger partial charge in [-0.25, -0.2) is 8.78 Å². The molecule has 0 fully saturated rings. The number of guanidine groups is 1. The van der Waals surface area contributed by atoms with Crippen molar-refractivity contribution in [1.82, 2.24) is 15.5 Å². The third-order valence-corrected chi connectivity index (χ3v) is 4.54. The van der Waals surface area contributed by atoms with Crippen molar-refractivity contribution in [2.75, 3.05) is 34.5 Å². The molecule has 2 aromatic rings. The molecule has 0 aromatic heterocycles. The second kappa shape index (κ2) is 8.88. The van der Waals surface area contributed by atoms with Crippen LogP contribution in [0.4, 0.5) is 8.78 Å². The lowest BCUT2D eigenvalue weighted by Crippen LogP contribution is -2.41. The number of rotatable bonds is 6. The van der Waals surface area contributed by atoms with Crippen LogP contribution in [0.1, 0.15) is 17.2 Å². The summed E-state index contributed by atoms with van der Waals surface area (Å²) in [6.07, 6.45) is 0. The molecule has 0 aliphatic carbocycles. The van der Waals surface area contributed by atoms with Crippen LogP contribution >= 0.6 is 0 Å². The average Bonchev–Trinajstić information content (AvgIpc) is 3.13. The number of nitrogens with zero attached hydrogens (tertiary/aromatic N) is 2. The van der Waals surface area contributed by atoms with Crippen molar-refractivity contribution in [3.63, 3.8) is 0 Å². The van der Waals surface area contributed by atoms with Gasteiger partial charge < -0.3 is 25.0 Å². The first-order valence-electron chi connectivity index (χ1n) is 8.93. The van der Waals surface area contributed by atoms with E-state index in [1.54, 1.807) is 26.0 Å². The Morgan fingerprint density at radius 1 is 1.11 bits per heavy atom. The van der Waals surface area contributed by atoms with Gasteiger partial charge in [0.1, 0.15) is 11.6 Å². The van der Waals surface area contributed by atoms with Crippen LogP contribution in [0.3, 0.4) is 0 Å². The lowest BCUT2D eigenvalue weighted by molar-refractivity contribution is 0.174. The van der Waals surface area contributed by atoms with E-state index in [1.807, 2.05) is 18.2 Å². The Kier molecular flexibility index (Phi) is 6.30. The predicted octanol–water partition coefficient (Wildman–Crippen LogP) is 2.66. The smallest absolute Gasteiger partial charge is 0.231 e. The van der Waals surface area contributed by atoms with Gasteiger partial charge in [-0.3, -0.25) is 4.99 Å². The van der Waals surface area contributed by atoms with E-state index < -0.39 is 17.7 Å². The van der Waals surface area contributed by atoms with Crippen molar-refractivity contribution in [3.05, 3.63) is 59.2 Å². The molecule has 0 radical (unpaired) electrons. The summed E-state index contributed by atoms with van der Waals surface area (Å²) in [5.74, 6) is 0.839. The van der Waals surface area contributed by atoms with Gasteiger partial charge in [-0.15, -0.1) is 0 Å². The monoisotopic (exact) mass is 390 g/mol. The predicted molar refractivity (Wildman–Crippen MR) is 104 cm³/mol. The fourth-order valence-electron chi connectivity index (χ4n) is 3.02. The van der Waals surface area contributed by atoms with Crippen LogP contribution < -0.4 is 20.1 Å². The summed E-state index contributed by atoms with van der Waals surface area (Å²) in [7, 11) is 5.20. The molecule has 0 spiro atoms. The molecule has 150 valence electrons. The van der Waals surface area contributed by atoms with E-state index in [0.717, 1.165) is 11.3 Å². The number of ether oxygens (including phenoxy) is 2. The van der Waals surface area contributed by atoms with Crippen molar-refractivity contribution < 1.29 is 18.3 Å². The maximum absolute atomic E-state index is 14.2. The number of likely N-dealkylation sites (N-methyl/N-ethyl adjacent to an activating group) is 1. The molecule has 3 rings (SSSR count). The maximum atomic E-state index is 14.2. The number of fused-ring (bicyclic) bond motifs is 1. The van der Waals surface area contributed by atoms with Gasteiger partial charge in [-0.2, -0.15) is 0 Å². The second-order valence-corrected chi connectivity index (χ2v) is 6.61. The molecule has 28 heavy (non-hydrogen) atoms. The zero-order valence-electron chi connectivity index (χ0n) is 16.1. The lowest BCUT2D eigenvalue weighted by atomic mass is 10.0. The Bertz CT molecular complexity index is 838. The van der Waals surface area contributed by atoms with E-state index in [4.69, 9.17) is 9.47 Å². The highest BCUT2D eigenvalue weighted by Crippen LogP contribution is 2.32. The van der Waals surface area contributed by atoms with Crippen LogP contribution in [-0.4, -0.2) is 45.3 Å². The molecular formula is C20H24F2N4O2. The molecule has 1 heterocycles. The summed E-state index contributed by atoms with van der Waals surface area (Å²) in [5, 5.41) is 6.32.